The Kier molecular flexibility index (Phi) is 4.96. The third-order valence-corrected chi connectivity index (χ3v) is 3.15. The van der Waals surface area contributed by atoms with Crippen molar-refractivity contribution in [3.63, 3.8) is 0 Å². The number of carbonyl (C=O) groups excluding carboxylic acids is 1. The first-order chi connectivity index (χ1) is 9.74. The molecule has 0 aliphatic heterocycles. The third kappa shape index (κ3) is 3.48. The molecule has 2 N–H and O–H groups in total. The summed E-state index contributed by atoms with van der Waals surface area (Å²) in [6.45, 7) is 2.77. The summed E-state index contributed by atoms with van der Waals surface area (Å²) in [6.07, 6.45) is 2.19. The van der Waals surface area contributed by atoms with Gasteiger partial charge in [-0.3, -0.25) is 10.0 Å². The van der Waals surface area contributed by atoms with E-state index in [9.17, 15) is 4.79 Å². The van der Waals surface area contributed by atoms with E-state index in [1.54, 1.807) is 5.48 Å². The summed E-state index contributed by atoms with van der Waals surface area (Å²) in [4.78, 5) is 11.3. The topological polar surface area (TPSA) is 58.6 Å². The normalized spacial score (nSPS) is 10.5. The molecule has 4 nitrogen and oxygen atoms in total. The van der Waals surface area contributed by atoms with Gasteiger partial charge < -0.3 is 4.74 Å². The van der Waals surface area contributed by atoms with Crippen molar-refractivity contribution in [1.29, 1.82) is 0 Å². The molecular formula is C16H19NO3. The molecule has 0 atom stereocenters. The Morgan fingerprint density at radius 3 is 2.90 bits per heavy atom. The maximum absolute atomic E-state index is 11.3. The third-order valence-electron chi connectivity index (χ3n) is 3.15. The lowest BCUT2D eigenvalue weighted by Crippen LogP contribution is -2.20. The molecule has 0 unspecified atom stereocenters. The highest BCUT2D eigenvalue weighted by Gasteiger charge is 2.10. The molecule has 0 saturated carbocycles. The summed E-state index contributed by atoms with van der Waals surface area (Å²) in [7, 11) is 0. The second-order valence-corrected chi connectivity index (χ2v) is 4.73. The summed E-state index contributed by atoms with van der Waals surface area (Å²) >= 11 is 0. The van der Waals surface area contributed by atoms with Crippen molar-refractivity contribution < 1.29 is 14.7 Å². The number of hydroxylamine groups is 1. The Bertz CT molecular complexity index is 554. The average molecular weight is 273 g/mol. The summed E-state index contributed by atoms with van der Waals surface area (Å²) in [5.74, 6) is 0.347. The monoisotopic (exact) mass is 273 g/mol. The van der Waals surface area contributed by atoms with Gasteiger partial charge in [-0.15, -0.1) is 0 Å². The van der Waals surface area contributed by atoms with Crippen molar-refractivity contribution in [2.75, 3.05) is 6.61 Å². The molecule has 0 aromatic carbocycles. The lowest BCUT2D eigenvalue weighted by atomic mass is 10.2. The van der Waals surface area contributed by atoms with Crippen molar-refractivity contribution >= 4 is 5.91 Å². The Balaban J connectivity index is 2.30. The number of unbranched alkanes of at least 4 members (excludes halogenated alkanes) is 1. The Morgan fingerprint density at radius 1 is 1.30 bits per heavy atom. The molecule has 20 heavy (non-hydrogen) atoms. The van der Waals surface area contributed by atoms with Crippen LogP contribution in [0.4, 0.5) is 0 Å². The molecule has 0 heterocycles. The molecular weight excluding hydrogens is 254 g/mol. The fourth-order valence-electron chi connectivity index (χ4n) is 2.08. The van der Waals surface area contributed by atoms with E-state index in [0.717, 1.165) is 35.3 Å². The predicted molar refractivity (Wildman–Crippen MR) is 77.1 cm³/mol. The van der Waals surface area contributed by atoms with Gasteiger partial charge in [-0.1, -0.05) is 43.7 Å². The van der Waals surface area contributed by atoms with Crippen LogP contribution in [0, 0.1) is 0 Å². The summed E-state index contributed by atoms with van der Waals surface area (Å²) in [5.41, 5.74) is 4.57. The van der Waals surface area contributed by atoms with Crippen LogP contribution in [0.2, 0.25) is 0 Å². The molecule has 0 aromatic rings. The zero-order valence-electron chi connectivity index (χ0n) is 11.6. The maximum Gasteiger partial charge on any atom is 0.247 e. The van der Waals surface area contributed by atoms with Gasteiger partial charge in [0.15, 0.2) is 0 Å². The van der Waals surface area contributed by atoms with Gasteiger partial charge in [-0.25, -0.2) is 5.48 Å². The molecule has 0 saturated heterocycles. The number of nitrogens with one attached hydrogen (secondary N) is 1. The SMILES string of the molecule is CCCCOc1cc(CC(=O)NO)ccc2cccc1-2. The first kappa shape index (κ1) is 14.3. The fourth-order valence-corrected chi connectivity index (χ4v) is 2.08. The minimum Gasteiger partial charge on any atom is -0.493 e. The van der Waals surface area contributed by atoms with Crippen LogP contribution in [-0.2, 0) is 11.2 Å². The van der Waals surface area contributed by atoms with Crippen LogP contribution in [0.15, 0.2) is 36.4 Å². The van der Waals surface area contributed by atoms with E-state index in [2.05, 4.69) is 6.92 Å². The molecule has 0 radical (unpaired) electrons. The molecule has 106 valence electrons. The smallest absolute Gasteiger partial charge is 0.247 e. The van der Waals surface area contributed by atoms with Crippen molar-refractivity contribution in [3.8, 4) is 16.9 Å². The van der Waals surface area contributed by atoms with E-state index in [0.29, 0.717) is 6.61 Å². The number of hydrogen-bond donors (Lipinski definition) is 2. The highest BCUT2D eigenvalue weighted by molar-refractivity contribution is 5.79. The van der Waals surface area contributed by atoms with E-state index >= 15 is 0 Å². The van der Waals surface area contributed by atoms with E-state index < -0.39 is 5.91 Å². The lowest BCUT2D eigenvalue weighted by Gasteiger charge is -2.07. The lowest BCUT2D eigenvalue weighted by molar-refractivity contribution is -0.128. The highest BCUT2D eigenvalue weighted by atomic mass is 16.5. The summed E-state index contributed by atoms with van der Waals surface area (Å²) in [5, 5.41) is 8.62. The molecule has 2 aliphatic rings. The number of amides is 1. The molecule has 0 spiro atoms. The number of ether oxygens (including phenoxy) is 1. The van der Waals surface area contributed by atoms with Crippen molar-refractivity contribution in [2.24, 2.45) is 0 Å². The van der Waals surface area contributed by atoms with Gasteiger partial charge in [0.25, 0.3) is 0 Å². The molecule has 0 bridgehead atoms. The van der Waals surface area contributed by atoms with Crippen LogP contribution >= 0.6 is 0 Å². The Morgan fingerprint density at radius 2 is 2.15 bits per heavy atom. The van der Waals surface area contributed by atoms with Crippen molar-refractivity contribution in [3.05, 3.63) is 42.0 Å². The summed E-state index contributed by atoms with van der Waals surface area (Å²) < 4.78 is 5.84. The van der Waals surface area contributed by atoms with Crippen LogP contribution in [-0.4, -0.2) is 17.7 Å². The second kappa shape index (κ2) is 6.91. The molecule has 1 amide bonds. The molecule has 0 aromatic heterocycles. The minimum atomic E-state index is -0.435. The first-order valence-corrected chi connectivity index (χ1v) is 6.82. The summed E-state index contributed by atoms with van der Waals surface area (Å²) in [6, 6.07) is 11.7. The minimum absolute atomic E-state index is 0.123. The largest absolute Gasteiger partial charge is 0.493 e. The predicted octanol–water partition coefficient (Wildman–Crippen LogP) is 3.02. The second-order valence-electron chi connectivity index (χ2n) is 4.73. The molecule has 2 rings (SSSR count). The average Bonchev–Trinajstić information content (AvgIpc) is 2.86. The van der Waals surface area contributed by atoms with Crippen LogP contribution in [0.5, 0.6) is 5.75 Å². The van der Waals surface area contributed by atoms with Gasteiger partial charge in [0.1, 0.15) is 5.75 Å². The molecule has 0 fully saturated rings. The van der Waals surface area contributed by atoms with E-state index in [1.807, 2.05) is 36.4 Å². The van der Waals surface area contributed by atoms with Gasteiger partial charge in [-0.05, 0) is 23.6 Å². The molecule has 4 heteroatoms. The van der Waals surface area contributed by atoms with Gasteiger partial charge in [0, 0.05) is 5.56 Å². The van der Waals surface area contributed by atoms with Gasteiger partial charge in [0.2, 0.25) is 5.91 Å². The van der Waals surface area contributed by atoms with E-state index in [1.165, 1.54) is 0 Å². The number of rotatable bonds is 6. The zero-order valence-corrected chi connectivity index (χ0v) is 11.6. The fraction of sp³-hybridized carbons (Fsp3) is 0.312. The number of fused-ring (bicyclic) bond motifs is 1. The quantitative estimate of drug-likeness (QED) is 0.483. The van der Waals surface area contributed by atoms with E-state index in [-0.39, 0.29) is 6.42 Å². The Hall–Kier alpha value is -2.07. The number of hydrogen-bond acceptors (Lipinski definition) is 3. The van der Waals surface area contributed by atoms with Crippen LogP contribution < -0.4 is 10.2 Å². The van der Waals surface area contributed by atoms with Gasteiger partial charge in [0.05, 0.1) is 13.0 Å². The zero-order chi connectivity index (χ0) is 14.4. The Labute approximate surface area is 118 Å². The van der Waals surface area contributed by atoms with Crippen molar-refractivity contribution in [2.45, 2.75) is 26.2 Å². The maximum atomic E-state index is 11.3. The van der Waals surface area contributed by atoms with Gasteiger partial charge >= 0.3 is 0 Å². The molecule has 2 aliphatic carbocycles. The van der Waals surface area contributed by atoms with Crippen LogP contribution in [0.25, 0.3) is 11.1 Å². The van der Waals surface area contributed by atoms with Crippen LogP contribution in [0.1, 0.15) is 25.3 Å². The first-order valence-electron chi connectivity index (χ1n) is 6.82. The van der Waals surface area contributed by atoms with Gasteiger partial charge in [-0.2, -0.15) is 0 Å². The highest BCUT2D eigenvalue weighted by Crippen LogP contribution is 2.32. The van der Waals surface area contributed by atoms with Crippen LogP contribution in [0.3, 0.4) is 0 Å². The van der Waals surface area contributed by atoms with E-state index in [4.69, 9.17) is 9.94 Å². The van der Waals surface area contributed by atoms with Crippen molar-refractivity contribution in [1.82, 2.24) is 5.48 Å². The number of carbonyl (C=O) groups is 1. The standard InChI is InChI=1S/C16H19NO3/c1-2-3-9-20-15-10-12(11-16(18)17-19)7-8-13-5-4-6-14(13)15/h4-8,10,19H,2-3,9,11H2,1H3,(H,17,18).